The Labute approximate surface area is 103 Å². The molecule has 0 aliphatic rings. The molecule has 0 amide bonds. The van der Waals surface area contributed by atoms with Gasteiger partial charge in [0.05, 0.1) is 0 Å². The van der Waals surface area contributed by atoms with Crippen molar-refractivity contribution in [2.45, 2.75) is 6.42 Å². The second kappa shape index (κ2) is 5.58. The number of hydrogen-bond donors (Lipinski definition) is 2. The second-order valence-electron chi connectivity index (χ2n) is 3.47. The van der Waals surface area contributed by atoms with E-state index in [2.05, 4.69) is 25.1 Å². The van der Waals surface area contributed by atoms with Crippen LogP contribution in [0.2, 0.25) is 0 Å². The smallest absolute Gasteiger partial charge is 0.199 e. The average Bonchev–Trinajstić information content (AvgIpc) is 2.82. The van der Waals surface area contributed by atoms with E-state index in [1.807, 2.05) is 30.3 Å². The van der Waals surface area contributed by atoms with Crippen molar-refractivity contribution in [3.05, 3.63) is 41.6 Å². The number of nitrogens with zero attached hydrogens (tertiary/aromatic N) is 4. The minimum atomic E-state index is 0.0676. The van der Waals surface area contributed by atoms with Gasteiger partial charge in [0.2, 0.25) is 0 Å². The summed E-state index contributed by atoms with van der Waals surface area (Å²) in [4.78, 5) is 0. The molecule has 0 radical (unpaired) electrons. The maximum Gasteiger partial charge on any atom is 0.199 e. The summed E-state index contributed by atoms with van der Waals surface area (Å²) in [5, 5.41) is 14.5. The van der Waals surface area contributed by atoms with Gasteiger partial charge in [-0.1, -0.05) is 30.3 Å². The summed E-state index contributed by atoms with van der Waals surface area (Å²) in [5.74, 6) is 0.160. The predicted octanol–water partition coefficient (Wildman–Crippen LogP) is 0.586. The lowest BCUT2D eigenvalue weighted by Gasteiger charge is -1.93. The molecule has 1 heterocycles. The standard InChI is InChI=1S/C11H12N6O/c12-10(9-11(13)17-18-16-9)15-14-7-6-8-4-2-1-3-5-8/h1-5,7H,6H2,(H2,12,15)(H2,13,17)/b14-7-. The molecule has 0 aliphatic heterocycles. The van der Waals surface area contributed by atoms with Crippen LogP contribution in [-0.4, -0.2) is 22.4 Å². The number of rotatable bonds is 4. The number of nitrogen functional groups attached to an aromatic ring is 1. The van der Waals surface area contributed by atoms with E-state index in [1.54, 1.807) is 6.21 Å². The first kappa shape index (κ1) is 11.8. The molecular weight excluding hydrogens is 232 g/mol. The lowest BCUT2D eigenvalue weighted by molar-refractivity contribution is 0.308. The Hall–Kier alpha value is -2.70. The van der Waals surface area contributed by atoms with Gasteiger partial charge < -0.3 is 11.5 Å². The summed E-state index contributed by atoms with van der Waals surface area (Å²) in [6.45, 7) is 0. The van der Waals surface area contributed by atoms with Crippen molar-refractivity contribution in [3.63, 3.8) is 0 Å². The van der Waals surface area contributed by atoms with Crippen LogP contribution in [0.15, 0.2) is 45.2 Å². The minimum Gasteiger partial charge on any atom is -0.380 e. The van der Waals surface area contributed by atoms with Crippen molar-refractivity contribution in [3.8, 4) is 0 Å². The molecule has 92 valence electrons. The first-order valence-electron chi connectivity index (χ1n) is 5.24. The van der Waals surface area contributed by atoms with Crippen LogP contribution >= 0.6 is 0 Å². The van der Waals surface area contributed by atoms with Gasteiger partial charge in [-0.05, 0) is 15.9 Å². The zero-order valence-corrected chi connectivity index (χ0v) is 9.52. The zero-order chi connectivity index (χ0) is 12.8. The van der Waals surface area contributed by atoms with E-state index in [1.165, 1.54) is 0 Å². The molecule has 4 N–H and O–H groups in total. The number of hydrogen-bond acceptors (Lipinski definition) is 6. The minimum absolute atomic E-state index is 0.0676. The van der Waals surface area contributed by atoms with Crippen molar-refractivity contribution < 1.29 is 4.63 Å². The van der Waals surface area contributed by atoms with Crippen LogP contribution in [0.3, 0.4) is 0 Å². The molecule has 0 aliphatic carbocycles. The normalized spacial score (nSPS) is 12.1. The first-order chi connectivity index (χ1) is 8.77. The Bertz CT molecular complexity index is 560. The number of anilines is 1. The Morgan fingerprint density at radius 2 is 2.06 bits per heavy atom. The molecule has 0 unspecified atom stereocenters. The molecule has 1 aromatic carbocycles. The topological polar surface area (TPSA) is 116 Å². The highest BCUT2D eigenvalue weighted by atomic mass is 16.6. The Morgan fingerprint density at radius 3 is 2.72 bits per heavy atom. The van der Waals surface area contributed by atoms with Crippen LogP contribution in [0, 0.1) is 0 Å². The third-order valence-corrected chi connectivity index (χ3v) is 2.17. The van der Waals surface area contributed by atoms with Gasteiger partial charge in [-0.2, -0.15) is 5.10 Å². The van der Waals surface area contributed by atoms with Gasteiger partial charge in [0.1, 0.15) is 0 Å². The summed E-state index contributed by atoms with van der Waals surface area (Å²) >= 11 is 0. The lowest BCUT2D eigenvalue weighted by Crippen LogP contribution is -2.15. The lowest BCUT2D eigenvalue weighted by atomic mass is 10.2. The number of nitrogens with two attached hydrogens (primary N) is 2. The van der Waals surface area contributed by atoms with Crippen LogP contribution in [0.5, 0.6) is 0 Å². The molecule has 0 bridgehead atoms. The zero-order valence-electron chi connectivity index (χ0n) is 9.52. The highest BCUT2D eigenvalue weighted by molar-refractivity contribution is 5.99. The van der Waals surface area contributed by atoms with Crippen molar-refractivity contribution in [1.29, 1.82) is 0 Å². The van der Waals surface area contributed by atoms with Gasteiger partial charge in [-0.15, -0.1) is 5.10 Å². The van der Waals surface area contributed by atoms with E-state index in [-0.39, 0.29) is 17.3 Å². The van der Waals surface area contributed by atoms with E-state index in [0.29, 0.717) is 6.42 Å². The van der Waals surface area contributed by atoms with Crippen molar-refractivity contribution in [1.82, 2.24) is 10.3 Å². The highest BCUT2D eigenvalue weighted by Crippen LogP contribution is 2.03. The molecule has 0 atom stereocenters. The summed E-state index contributed by atoms with van der Waals surface area (Å²) in [6, 6.07) is 9.87. The maximum absolute atomic E-state index is 5.61. The molecule has 1 aromatic heterocycles. The Balaban J connectivity index is 1.97. The molecule has 18 heavy (non-hydrogen) atoms. The monoisotopic (exact) mass is 244 g/mol. The van der Waals surface area contributed by atoms with E-state index in [0.717, 1.165) is 5.56 Å². The SMILES string of the molecule is N/C(=N/N=C\Cc1ccccc1)c1nonc1N. The van der Waals surface area contributed by atoms with E-state index < -0.39 is 0 Å². The highest BCUT2D eigenvalue weighted by Gasteiger charge is 2.09. The van der Waals surface area contributed by atoms with Crippen molar-refractivity contribution in [2.75, 3.05) is 5.73 Å². The summed E-state index contributed by atoms with van der Waals surface area (Å²) in [6.07, 6.45) is 2.32. The average molecular weight is 244 g/mol. The number of amidine groups is 1. The van der Waals surface area contributed by atoms with Crippen LogP contribution in [-0.2, 0) is 6.42 Å². The van der Waals surface area contributed by atoms with Gasteiger partial charge in [-0.3, -0.25) is 0 Å². The van der Waals surface area contributed by atoms with Crippen LogP contribution in [0.25, 0.3) is 0 Å². The number of aromatic nitrogens is 2. The molecule has 0 saturated heterocycles. The third-order valence-electron chi connectivity index (χ3n) is 2.17. The van der Waals surface area contributed by atoms with Crippen LogP contribution in [0.4, 0.5) is 5.82 Å². The first-order valence-corrected chi connectivity index (χ1v) is 5.24. The summed E-state index contributed by atoms with van der Waals surface area (Å²) < 4.78 is 4.40. The predicted molar refractivity (Wildman–Crippen MR) is 68.1 cm³/mol. The fraction of sp³-hybridized carbons (Fsp3) is 0.0909. The molecule has 7 nitrogen and oxygen atoms in total. The van der Waals surface area contributed by atoms with Crippen molar-refractivity contribution in [2.24, 2.45) is 15.9 Å². The van der Waals surface area contributed by atoms with Gasteiger partial charge in [0.15, 0.2) is 17.3 Å². The molecule has 0 saturated carbocycles. The largest absolute Gasteiger partial charge is 0.380 e. The van der Waals surface area contributed by atoms with Gasteiger partial charge in [0, 0.05) is 12.6 Å². The third kappa shape index (κ3) is 2.91. The van der Waals surface area contributed by atoms with E-state index in [9.17, 15) is 0 Å². The molecule has 7 heteroatoms. The van der Waals surface area contributed by atoms with Gasteiger partial charge in [-0.25, -0.2) is 4.63 Å². The second-order valence-corrected chi connectivity index (χ2v) is 3.47. The van der Waals surface area contributed by atoms with Gasteiger partial charge in [0.25, 0.3) is 0 Å². The summed E-state index contributed by atoms with van der Waals surface area (Å²) in [7, 11) is 0. The number of benzene rings is 1. The Morgan fingerprint density at radius 1 is 1.28 bits per heavy atom. The van der Waals surface area contributed by atoms with E-state index >= 15 is 0 Å². The molecule has 0 fully saturated rings. The molecule has 0 spiro atoms. The fourth-order valence-electron chi connectivity index (χ4n) is 1.28. The fourth-order valence-corrected chi connectivity index (χ4v) is 1.28. The van der Waals surface area contributed by atoms with Gasteiger partial charge >= 0.3 is 0 Å². The van der Waals surface area contributed by atoms with Crippen LogP contribution in [0.1, 0.15) is 11.3 Å². The molecule has 2 aromatic rings. The van der Waals surface area contributed by atoms with Crippen molar-refractivity contribution >= 4 is 17.9 Å². The Kier molecular flexibility index (Phi) is 3.65. The van der Waals surface area contributed by atoms with E-state index in [4.69, 9.17) is 11.5 Å². The molecular formula is C11H12N6O. The maximum atomic E-state index is 5.61. The summed E-state index contributed by atoms with van der Waals surface area (Å²) in [5.41, 5.74) is 12.4. The molecule has 2 rings (SSSR count). The quantitative estimate of drug-likeness (QED) is 0.463. The van der Waals surface area contributed by atoms with Crippen LogP contribution < -0.4 is 11.5 Å².